The van der Waals surface area contributed by atoms with Crippen LogP contribution in [0.3, 0.4) is 0 Å². The standard InChI is InChI=1S/C13H26N4O/c1-10(13(18)15-14)11(2)17-7-5-16(6-8-17)9-12-3-4-12/h10-12H,3-9,14H2,1-2H3,(H,15,18). The van der Waals surface area contributed by atoms with Crippen molar-refractivity contribution < 1.29 is 4.79 Å². The molecule has 1 amide bonds. The lowest BCUT2D eigenvalue weighted by molar-refractivity contribution is -0.126. The highest BCUT2D eigenvalue weighted by atomic mass is 16.2. The zero-order valence-corrected chi connectivity index (χ0v) is 11.6. The fraction of sp³-hybridized carbons (Fsp3) is 0.923. The van der Waals surface area contributed by atoms with Crippen LogP contribution in [0.25, 0.3) is 0 Å². The number of carbonyl (C=O) groups is 1. The summed E-state index contributed by atoms with van der Waals surface area (Å²) < 4.78 is 0. The predicted octanol–water partition coefficient (Wildman–Crippen LogP) is 0.0285. The van der Waals surface area contributed by atoms with Gasteiger partial charge in [0, 0.05) is 38.8 Å². The molecule has 0 bridgehead atoms. The Balaban J connectivity index is 1.75. The van der Waals surface area contributed by atoms with Crippen LogP contribution in [0, 0.1) is 11.8 Å². The van der Waals surface area contributed by atoms with Crippen LogP contribution in [0.1, 0.15) is 26.7 Å². The van der Waals surface area contributed by atoms with Crippen LogP contribution in [0.15, 0.2) is 0 Å². The second-order valence-corrected chi connectivity index (χ2v) is 5.82. The van der Waals surface area contributed by atoms with Crippen molar-refractivity contribution in [2.45, 2.75) is 32.7 Å². The molecule has 1 aliphatic heterocycles. The van der Waals surface area contributed by atoms with E-state index in [2.05, 4.69) is 22.1 Å². The molecule has 2 rings (SSSR count). The highest BCUT2D eigenvalue weighted by Crippen LogP contribution is 2.30. The number of hydrogen-bond acceptors (Lipinski definition) is 4. The fourth-order valence-electron chi connectivity index (χ4n) is 2.69. The SMILES string of the molecule is CC(C(=O)NN)C(C)N1CCN(CC2CC2)CC1. The molecule has 5 heteroatoms. The van der Waals surface area contributed by atoms with Gasteiger partial charge in [-0.15, -0.1) is 0 Å². The summed E-state index contributed by atoms with van der Waals surface area (Å²) in [4.78, 5) is 16.5. The molecule has 3 N–H and O–H groups in total. The molecule has 0 aromatic heterocycles. The minimum absolute atomic E-state index is 0.0509. The van der Waals surface area contributed by atoms with Crippen LogP contribution < -0.4 is 11.3 Å². The van der Waals surface area contributed by atoms with Gasteiger partial charge in [0.15, 0.2) is 0 Å². The van der Waals surface area contributed by atoms with E-state index in [9.17, 15) is 4.79 Å². The van der Waals surface area contributed by atoms with E-state index in [1.54, 1.807) is 0 Å². The maximum Gasteiger partial charge on any atom is 0.238 e. The molecule has 1 heterocycles. The molecule has 1 saturated heterocycles. The molecule has 104 valence electrons. The number of amides is 1. The maximum atomic E-state index is 11.5. The van der Waals surface area contributed by atoms with Gasteiger partial charge in [0.1, 0.15) is 0 Å². The molecule has 0 spiro atoms. The quantitative estimate of drug-likeness (QED) is 0.413. The number of nitrogens with one attached hydrogen (secondary N) is 1. The summed E-state index contributed by atoms with van der Waals surface area (Å²) in [6, 6.07) is 0.261. The Kier molecular flexibility index (Phi) is 4.59. The minimum atomic E-state index is -0.0667. The molecule has 1 aliphatic carbocycles. The van der Waals surface area contributed by atoms with Gasteiger partial charge in [0.05, 0.1) is 5.92 Å². The average Bonchev–Trinajstić information content (AvgIpc) is 3.21. The number of nitrogens with two attached hydrogens (primary N) is 1. The largest absolute Gasteiger partial charge is 0.301 e. The summed E-state index contributed by atoms with van der Waals surface area (Å²) in [6.45, 7) is 9.75. The molecule has 1 saturated carbocycles. The van der Waals surface area contributed by atoms with Gasteiger partial charge in [0.2, 0.25) is 5.91 Å². The van der Waals surface area contributed by atoms with Crippen molar-refractivity contribution in [3.8, 4) is 0 Å². The number of nitrogens with zero attached hydrogens (tertiary/aromatic N) is 2. The molecular formula is C13H26N4O. The second kappa shape index (κ2) is 5.99. The highest BCUT2D eigenvalue weighted by Gasteiger charge is 2.30. The Morgan fingerprint density at radius 3 is 2.39 bits per heavy atom. The Bertz CT molecular complexity index is 285. The monoisotopic (exact) mass is 254 g/mol. The summed E-state index contributed by atoms with van der Waals surface area (Å²) >= 11 is 0. The molecular weight excluding hydrogens is 228 g/mol. The van der Waals surface area contributed by atoms with E-state index in [0.29, 0.717) is 0 Å². The Hall–Kier alpha value is -0.650. The molecule has 0 radical (unpaired) electrons. The molecule has 2 unspecified atom stereocenters. The molecule has 0 aromatic carbocycles. The Morgan fingerprint density at radius 1 is 1.28 bits per heavy atom. The zero-order chi connectivity index (χ0) is 13.1. The third-order valence-corrected chi connectivity index (χ3v) is 4.48. The van der Waals surface area contributed by atoms with Crippen molar-refractivity contribution >= 4 is 5.91 Å². The summed E-state index contributed by atoms with van der Waals surface area (Å²) in [5.74, 6) is 6.05. The van der Waals surface area contributed by atoms with Crippen LogP contribution in [-0.4, -0.2) is 54.5 Å². The molecule has 2 atom stereocenters. The van der Waals surface area contributed by atoms with E-state index < -0.39 is 0 Å². The highest BCUT2D eigenvalue weighted by molar-refractivity contribution is 5.78. The van der Waals surface area contributed by atoms with Crippen LogP contribution >= 0.6 is 0 Å². The van der Waals surface area contributed by atoms with Gasteiger partial charge in [0.25, 0.3) is 0 Å². The van der Waals surface area contributed by atoms with E-state index in [-0.39, 0.29) is 17.9 Å². The van der Waals surface area contributed by atoms with Crippen LogP contribution in [-0.2, 0) is 4.79 Å². The normalized spacial score (nSPS) is 25.7. The lowest BCUT2D eigenvalue weighted by Crippen LogP contribution is -2.53. The van der Waals surface area contributed by atoms with E-state index >= 15 is 0 Å². The Labute approximate surface area is 110 Å². The summed E-state index contributed by atoms with van der Waals surface area (Å²) in [5, 5.41) is 0. The number of piperazine rings is 1. The van der Waals surface area contributed by atoms with Gasteiger partial charge in [-0.1, -0.05) is 6.92 Å². The van der Waals surface area contributed by atoms with Crippen LogP contribution in [0.2, 0.25) is 0 Å². The first-order chi connectivity index (χ1) is 8.61. The minimum Gasteiger partial charge on any atom is -0.301 e. The van der Waals surface area contributed by atoms with Gasteiger partial charge in [-0.05, 0) is 25.7 Å². The third kappa shape index (κ3) is 3.43. The first-order valence-electron chi connectivity index (χ1n) is 7.08. The first kappa shape index (κ1) is 13.8. The molecule has 2 aliphatic rings. The number of hydrazine groups is 1. The fourth-order valence-corrected chi connectivity index (χ4v) is 2.69. The maximum absolute atomic E-state index is 11.5. The summed E-state index contributed by atoms with van der Waals surface area (Å²) in [6.07, 6.45) is 2.84. The summed E-state index contributed by atoms with van der Waals surface area (Å²) in [5.41, 5.74) is 2.25. The molecule has 0 aromatic rings. The summed E-state index contributed by atoms with van der Waals surface area (Å²) in [7, 11) is 0. The first-order valence-corrected chi connectivity index (χ1v) is 7.08. The number of rotatable bonds is 5. The smallest absolute Gasteiger partial charge is 0.238 e. The second-order valence-electron chi connectivity index (χ2n) is 5.82. The van der Waals surface area contributed by atoms with E-state index in [1.165, 1.54) is 19.4 Å². The molecule has 18 heavy (non-hydrogen) atoms. The van der Waals surface area contributed by atoms with Gasteiger partial charge < -0.3 is 4.90 Å². The Morgan fingerprint density at radius 2 is 1.89 bits per heavy atom. The number of carbonyl (C=O) groups excluding carboxylic acids is 1. The van der Waals surface area contributed by atoms with Crippen molar-refractivity contribution in [2.24, 2.45) is 17.7 Å². The number of hydrogen-bond donors (Lipinski definition) is 2. The van der Waals surface area contributed by atoms with Gasteiger partial charge >= 0.3 is 0 Å². The van der Waals surface area contributed by atoms with Gasteiger partial charge in [-0.25, -0.2) is 5.84 Å². The average molecular weight is 254 g/mol. The lowest BCUT2D eigenvalue weighted by Gasteiger charge is -2.39. The lowest BCUT2D eigenvalue weighted by atomic mass is 10.0. The van der Waals surface area contributed by atoms with E-state index in [0.717, 1.165) is 32.1 Å². The molecule has 5 nitrogen and oxygen atoms in total. The topological polar surface area (TPSA) is 61.6 Å². The van der Waals surface area contributed by atoms with Gasteiger partial charge in [-0.2, -0.15) is 0 Å². The zero-order valence-electron chi connectivity index (χ0n) is 11.6. The van der Waals surface area contributed by atoms with E-state index in [4.69, 9.17) is 5.84 Å². The van der Waals surface area contributed by atoms with Crippen LogP contribution in [0.4, 0.5) is 0 Å². The van der Waals surface area contributed by atoms with Crippen molar-refractivity contribution in [1.29, 1.82) is 0 Å². The van der Waals surface area contributed by atoms with Gasteiger partial charge in [-0.3, -0.25) is 15.1 Å². The van der Waals surface area contributed by atoms with E-state index in [1.807, 2.05) is 6.92 Å². The third-order valence-electron chi connectivity index (χ3n) is 4.48. The van der Waals surface area contributed by atoms with Crippen LogP contribution in [0.5, 0.6) is 0 Å². The predicted molar refractivity (Wildman–Crippen MR) is 71.7 cm³/mol. The van der Waals surface area contributed by atoms with Crippen molar-refractivity contribution in [3.05, 3.63) is 0 Å². The van der Waals surface area contributed by atoms with Crippen molar-refractivity contribution in [3.63, 3.8) is 0 Å². The molecule has 2 fully saturated rings. The van der Waals surface area contributed by atoms with Crippen molar-refractivity contribution in [1.82, 2.24) is 15.2 Å². The van der Waals surface area contributed by atoms with Crippen molar-refractivity contribution in [2.75, 3.05) is 32.7 Å².